The van der Waals surface area contributed by atoms with Gasteiger partial charge in [-0.05, 0) is 54.8 Å². The van der Waals surface area contributed by atoms with Crippen molar-refractivity contribution in [1.82, 2.24) is 14.8 Å². The molecule has 0 fully saturated rings. The van der Waals surface area contributed by atoms with Crippen molar-refractivity contribution in [3.05, 3.63) is 99.1 Å². The van der Waals surface area contributed by atoms with E-state index in [0.29, 0.717) is 27.9 Å². The van der Waals surface area contributed by atoms with E-state index in [1.54, 1.807) is 24.3 Å². The van der Waals surface area contributed by atoms with Crippen LogP contribution >= 0.6 is 11.8 Å². The molecule has 9 heteroatoms. The van der Waals surface area contributed by atoms with E-state index in [4.69, 9.17) is 0 Å². The molecule has 8 nitrogen and oxygen atoms in total. The van der Waals surface area contributed by atoms with Gasteiger partial charge < -0.3 is 9.88 Å². The van der Waals surface area contributed by atoms with Crippen LogP contribution in [0.25, 0.3) is 11.4 Å². The second-order valence-corrected chi connectivity index (χ2v) is 8.93. The monoisotopic (exact) mass is 473 g/mol. The third kappa shape index (κ3) is 5.32. The molecule has 0 aliphatic rings. The van der Waals surface area contributed by atoms with Crippen molar-refractivity contribution in [3.63, 3.8) is 0 Å². The van der Waals surface area contributed by atoms with Gasteiger partial charge in [0.15, 0.2) is 11.0 Å². The van der Waals surface area contributed by atoms with Crippen LogP contribution in [-0.4, -0.2) is 25.6 Å². The molecule has 0 saturated heterocycles. The van der Waals surface area contributed by atoms with Gasteiger partial charge in [0, 0.05) is 41.7 Å². The van der Waals surface area contributed by atoms with Gasteiger partial charge in [0.25, 0.3) is 11.6 Å². The van der Waals surface area contributed by atoms with E-state index >= 15 is 0 Å². The van der Waals surface area contributed by atoms with Crippen LogP contribution in [0.1, 0.15) is 27.0 Å². The van der Waals surface area contributed by atoms with Crippen LogP contribution in [0, 0.1) is 24.0 Å². The number of aromatic nitrogens is 3. The zero-order valence-corrected chi connectivity index (χ0v) is 19.8. The van der Waals surface area contributed by atoms with Crippen molar-refractivity contribution in [2.45, 2.75) is 24.8 Å². The number of nitro groups is 1. The van der Waals surface area contributed by atoms with E-state index in [0.717, 1.165) is 22.4 Å². The van der Waals surface area contributed by atoms with Gasteiger partial charge in [-0.3, -0.25) is 14.9 Å². The normalized spacial score (nSPS) is 10.8. The van der Waals surface area contributed by atoms with Crippen LogP contribution < -0.4 is 5.32 Å². The van der Waals surface area contributed by atoms with Gasteiger partial charge in [0.2, 0.25) is 0 Å². The molecule has 0 aliphatic carbocycles. The standard InChI is InChI=1S/C25H23N5O3S/c1-16-11-17(2)13-21(12-16)26-24(31)19-9-7-18(8-10-19)15-34-25-28-27-23(29(25)3)20-5-4-6-22(14-20)30(32)33/h4-14H,15H2,1-3H3,(H,26,31). The molecule has 0 saturated carbocycles. The minimum absolute atomic E-state index is 0.0105. The molecular formula is C25H23N5O3S. The zero-order chi connectivity index (χ0) is 24.2. The van der Waals surface area contributed by atoms with Crippen molar-refractivity contribution < 1.29 is 9.72 Å². The molecule has 0 atom stereocenters. The van der Waals surface area contributed by atoms with Crippen molar-refractivity contribution in [2.24, 2.45) is 7.05 Å². The first-order chi connectivity index (χ1) is 16.3. The van der Waals surface area contributed by atoms with Crippen molar-refractivity contribution in [3.8, 4) is 11.4 Å². The molecule has 1 amide bonds. The summed E-state index contributed by atoms with van der Waals surface area (Å²) in [6.45, 7) is 4.00. The summed E-state index contributed by atoms with van der Waals surface area (Å²) in [5.41, 5.74) is 5.24. The Morgan fingerprint density at radius 2 is 1.74 bits per heavy atom. The molecule has 172 valence electrons. The maximum absolute atomic E-state index is 12.6. The lowest BCUT2D eigenvalue weighted by Gasteiger charge is -2.08. The number of hydrogen-bond acceptors (Lipinski definition) is 6. The Balaban J connectivity index is 1.40. The Bertz CT molecular complexity index is 1350. The first-order valence-corrected chi connectivity index (χ1v) is 11.5. The summed E-state index contributed by atoms with van der Waals surface area (Å²) in [6.07, 6.45) is 0. The number of carbonyl (C=O) groups excluding carboxylic acids is 1. The predicted octanol–water partition coefficient (Wildman–Crippen LogP) is 5.55. The van der Waals surface area contributed by atoms with Gasteiger partial charge >= 0.3 is 0 Å². The average Bonchev–Trinajstić information content (AvgIpc) is 3.17. The quantitative estimate of drug-likeness (QED) is 0.214. The molecule has 0 unspecified atom stereocenters. The highest BCUT2D eigenvalue weighted by molar-refractivity contribution is 7.98. The largest absolute Gasteiger partial charge is 0.322 e. The van der Waals surface area contributed by atoms with E-state index < -0.39 is 4.92 Å². The van der Waals surface area contributed by atoms with Gasteiger partial charge in [-0.25, -0.2) is 0 Å². The molecule has 1 N–H and O–H groups in total. The Morgan fingerprint density at radius 1 is 1.03 bits per heavy atom. The molecule has 4 aromatic rings. The summed E-state index contributed by atoms with van der Waals surface area (Å²) >= 11 is 1.50. The summed E-state index contributed by atoms with van der Waals surface area (Å²) in [7, 11) is 1.83. The summed E-state index contributed by atoms with van der Waals surface area (Å²) in [6, 6.07) is 19.7. The van der Waals surface area contributed by atoms with Crippen LogP contribution in [-0.2, 0) is 12.8 Å². The summed E-state index contributed by atoms with van der Waals surface area (Å²) in [5.74, 6) is 1.04. The minimum atomic E-state index is -0.429. The number of rotatable bonds is 7. The number of nitro benzene ring substituents is 1. The van der Waals surface area contributed by atoms with E-state index in [-0.39, 0.29) is 11.6 Å². The Kier molecular flexibility index (Phi) is 6.74. The predicted molar refractivity (Wildman–Crippen MR) is 133 cm³/mol. The zero-order valence-electron chi connectivity index (χ0n) is 19.0. The highest BCUT2D eigenvalue weighted by atomic mass is 32.2. The molecule has 1 aromatic heterocycles. The van der Waals surface area contributed by atoms with Gasteiger partial charge in [0.05, 0.1) is 4.92 Å². The number of benzene rings is 3. The van der Waals surface area contributed by atoms with Crippen molar-refractivity contribution in [1.29, 1.82) is 0 Å². The summed E-state index contributed by atoms with van der Waals surface area (Å²) < 4.78 is 1.81. The van der Waals surface area contributed by atoms with E-state index in [1.165, 1.54) is 23.9 Å². The second kappa shape index (κ2) is 9.88. The summed E-state index contributed by atoms with van der Waals surface area (Å²) in [5, 5.41) is 23.1. The number of anilines is 1. The average molecular weight is 474 g/mol. The van der Waals surface area contributed by atoms with E-state index in [2.05, 4.69) is 21.6 Å². The SMILES string of the molecule is Cc1cc(C)cc(NC(=O)c2ccc(CSc3nnc(-c4cccc([N+](=O)[O-])c4)n3C)cc2)c1. The number of aryl methyl sites for hydroxylation is 2. The number of carbonyl (C=O) groups is 1. The summed E-state index contributed by atoms with van der Waals surface area (Å²) in [4.78, 5) is 23.2. The minimum Gasteiger partial charge on any atom is -0.322 e. The number of thioether (sulfide) groups is 1. The lowest BCUT2D eigenvalue weighted by Crippen LogP contribution is -2.12. The van der Waals surface area contributed by atoms with E-state index in [9.17, 15) is 14.9 Å². The third-order valence-electron chi connectivity index (χ3n) is 5.21. The van der Waals surface area contributed by atoms with Crippen LogP contribution in [0.5, 0.6) is 0 Å². The molecule has 0 radical (unpaired) electrons. The number of nitrogens with one attached hydrogen (secondary N) is 1. The highest BCUT2D eigenvalue weighted by Gasteiger charge is 2.15. The molecular weight excluding hydrogens is 450 g/mol. The van der Waals surface area contributed by atoms with Gasteiger partial charge in [-0.2, -0.15) is 0 Å². The Morgan fingerprint density at radius 3 is 2.41 bits per heavy atom. The first kappa shape index (κ1) is 23.2. The topological polar surface area (TPSA) is 103 Å². The first-order valence-electron chi connectivity index (χ1n) is 10.6. The maximum Gasteiger partial charge on any atom is 0.270 e. The fourth-order valence-corrected chi connectivity index (χ4v) is 4.47. The smallest absolute Gasteiger partial charge is 0.270 e. The third-order valence-corrected chi connectivity index (χ3v) is 6.31. The van der Waals surface area contributed by atoms with Crippen molar-refractivity contribution >= 4 is 29.0 Å². The van der Waals surface area contributed by atoms with Crippen LogP contribution in [0.3, 0.4) is 0 Å². The Labute approximate surface area is 201 Å². The van der Waals surface area contributed by atoms with Gasteiger partial charge in [-0.15, -0.1) is 10.2 Å². The van der Waals surface area contributed by atoms with Gasteiger partial charge in [-0.1, -0.05) is 42.1 Å². The van der Waals surface area contributed by atoms with Crippen LogP contribution in [0.4, 0.5) is 11.4 Å². The van der Waals surface area contributed by atoms with Crippen LogP contribution in [0.2, 0.25) is 0 Å². The number of hydrogen-bond donors (Lipinski definition) is 1. The molecule has 0 aliphatic heterocycles. The molecule has 3 aromatic carbocycles. The molecule has 4 rings (SSSR count). The molecule has 0 spiro atoms. The van der Waals surface area contributed by atoms with Crippen LogP contribution in [0.15, 0.2) is 71.9 Å². The number of amides is 1. The molecule has 34 heavy (non-hydrogen) atoms. The lowest BCUT2D eigenvalue weighted by molar-refractivity contribution is -0.384. The highest BCUT2D eigenvalue weighted by Crippen LogP contribution is 2.27. The van der Waals surface area contributed by atoms with Crippen molar-refractivity contribution in [2.75, 3.05) is 5.32 Å². The fraction of sp³-hybridized carbons (Fsp3) is 0.160. The molecule has 0 bridgehead atoms. The van der Waals surface area contributed by atoms with E-state index in [1.807, 2.05) is 49.7 Å². The molecule has 1 heterocycles. The second-order valence-electron chi connectivity index (χ2n) is 7.99. The van der Waals surface area contributed by atoms with Gasteiger partial charge in [0.1, 0.15) is 0 Å². The fourth-order valence-electron chi connectivity index (χ4n) is 3.60. The number of non-ortho nitro benzene ring substituents is 1. The number of nitrogens with zero attached hydrogens (tertiary/aromatic N) is 4. The lowest BCUT2D eigenvalue weighted by atomic mass is 10.1. The Hall–Kier alpha value is -3.98. The maximum atomic E-state index is 12.6.